The van der Waals surface area contributed by atoms with Crippen LogP contribution in [0.3, 0.4) is 0 Å². The second kappa shape index (κ2) is 5.21. The van der Waals surface area contributed by atoms with Crippen molar-refractivity contribution in [3.63, 3.8) is 0 Å². The summed E-state index contributed by atoms with van der Waals surface area (Å²) in [6.07, 6.45) is 2.02. The van der Waals surface area contributed by atoms with Gasteiger partial charge in [-0.1, -0.05) is 6.92 Å². The van der Waals surface area contributed by atoms with Gasteiger partial charge in [0.05, 0.1) is 0 Å². The van der Waals surface area contributed by atoms with Crippen LogP contribution >= 0.6 is 11.8 Å². The molecule has 0 radical (unpaired) electrons. The fourth-order valence-electron chi connectivity index (χ4n) is 1.48. The number of hydrogen-bond acceptors (Lipinski definition) is 3. The van der Waals surface area contributed by atoms with Gasteiger partial charge in [-0.25, -0.2) is 4.79 Å². The predicted molar refractivity (Wildman–Crippen MR) is 59.9 cm³/mol. The largest absolute Gasteiger partial charge is 0.478 e. The van der Waals surface area contributed by atoms with Crippen molar-refractivity contribution in [3.05, 3.63) is 12.2 Å². The van der Waals surface area contributed by atoms with E-state index in [1.54, 1.807) is 4.90 Å². The smallest absolute Gasteiger partial charge is 0.328 e. The maximum Gasteiger partial charge on any atom is 0.328 e. The van der Waals surface area contributed by atoms with Gasteiger partial charge in [0.1, 0.15) is 0 Å². The maximum atomic E-state index is 11.6. The van der Waals surface area contributed by atoms with Crippen molar-refractivity contribution in [2.45, 2.75) is 25.1 Å². The second-order valence-electron chi connectivity index (χ2n) is 3.52. The van der Waals surface area contributed by atoms with Crippen LogP contribution in [0.5, 0.6) is 0 Å². The minimum atomic E-state index is -1.09. The molecule has 4 nitrogen and oxygen atoms in total. The Balaban J connectivity index is 2.62. The van der Waals surface area contributed by atoms with Crippen molar-refractivity contribution in [3.8, 4) is 0 Å². The normalized spacial score (nSPS) is 26.9. The van der Waals surface area contributed by atoms with Crippen LogP contribution in [0, 0.1) is 0 Å². The van der Waals surface area contributed by atoms with Crippen molar-refractivity contribution in [1.82, 2.24) is 4.90 Å². The Morgan fingerprint density at radius 1 is 1.40 bits per heavy atom. The van der Waals surface area contributed by atoms with Crippen LogP contribution in [-0.4, -0.2) is 45.5 Å². The van der Waals surface area contributed by atoms with Crippen molar-refractivity contribution in [2.75, 3.05) is 12.3 Å². The van der Waals surface area contributed by atoms with E-state index >= 15 is 0 Å². The van der Waals surface area contributed by atoms with Crippen molar-refractivity contribution in [2.24, 2.45) is 0 Å². The molecule has 1 amide bonds. The van der Waals surface area contributed by atoms with Crippen LogP contribution in [0.2, 0.25) is 0 Å². The first-order valence-electron chi connectivity index (χ1n) is 4.85. The summed E-state index contributed by atoms with van der Waals surface area (Å²) in [5.74, 6) is -0.384. The number of amides is 1. The average molecular weight is 229 g/mol. The SMILES string of the molecule is CC1SCCN(C(=O)/C=C/C(=O)O)C1C. The molecular weight excluding hydrogens is 214 g/mol. The first-order valence-corrected chi connectivity index (χ1v) is 5.90. The molecule has 1 heterocycles. The first-order chi connectivity index (χ1) is 7.02. The number of hydrogen-bond donors (Lipinski definition) is 1. The number of carboxylic acid groups (broad SMARTS) is 1. The fraction of sp³-hybridized carbons (Fsp3) is 0.600. The summed E-state index contributed by atoms with van der Waals surface area (Å²) in [6.45, 7) is 4.76. The zero-order valence-electron chi connectivity index (χ0n) is 8.84. The first kappa shape index (κ1) is 12.1. The Bertz CT molecular complexity index is 290. The van der Waals surface area contributed by atoms with Gasteiger partial charge in [0.25, 0.3) is 0 Å². The van der Waals surface area contributed by atoms with Gasteiger partial charge in [-0.15, -0.1) is 0 Å². The summed E-state index contributed by atoms with van der Waals surface area (Å²) >= 11 is 1.84. The molecule has 84 valence electrons. The zero-order chi connectivity index (χ0) is 11.4. The van der Waals surface area contributed by atoms with E-state index in [0.29, 0.717) is 11.8 Å². The number of aliphatic carboxylic acids is 1. The Hall–Kier alpha value is -0.970. The maximum absolute atomic E-state index is 11.6. The molecule has 0 aromatic carbocycles. The molecule has 0 aromatic heterocycles. The molecule has 2 unspecified atom stereocenters. The minimum Gasteiger partial charge on any atom is -0.478 e. The number of nitrogens with zero attached hydrogens (tertiary/aromatic N) is 1. The highest BCUT2D eigenvalue weighted by atomic mass is 32.2. The number of rotatable bonds is 2. The van der Waals surface area contributed by atoms with Gasteiger partial charge in [-0.2, -0.15) is 11.8 Å². The summed E-state index contributed by atoms with van der Waals surface area (Å²) < 4.78 is 0. The zero-order valence-corrected chi connectivity index (χ0v) is 9.66. The van der Waals surface area contributed by atoms with Gasteiger partial charge in [0, 0.05) is 35.7 Å². The van der Waals surface area contributed by atoms with Gasteiger partial charge in [-0.05, 0) is 6.92 Å². The molecule has 1 saturated heterocycles. The summed E-state index contributed by atoms with van der Waals surface area (Å²) in [4.78, 5) is 23.6. The van der Waals surface area contributed by atoms with E-state index in [4.69, 9.17) is 5.11 Å². The van der Waals surface area contributed by atoms with E-state index in [9.17, 15) is 9.59 Å². The lowest BCUT2D eigenvalue weighted by atomic mass is 10.2. The van der Waals surface area contributed by atoms with Gasteiger partial charge in [0.15, 0.2) is 0 Å². The quantitative estimate of drug-likeness (QED) is 0.717. The van der Waals surface area contributed by atoms with E-state index in [1.807, 2.05) is 18.7 Å². The summed E-state index contributed by atoms with van der Waals surface area (Å²) in [6, 6.07) is 0.162. The number of carboxylic acids is 1. The highest BCUT2D eigenvalue weighted by Gasteiger charge is 2.27. The van der Waals surface area contributed by atoms with E-state index in [0.717, 1.165) is 17.9 Å². The standard InChI is InChI=1S/C10H15NO3S/c1-7-8(2)15-6-5-11(7)9(12)3-4-10(13)14/h3-4,7-8H,5-6H2,1-2H3,(H,13,14)/b4-3+. The molecule has 0 spiro atoms. The third-order valence-electron chi connectivity index (χ3n) is 2.54. The number of carbonyl (C=O) groups is 2. The van der Waals surface area contributed by atoms with E-state index in [1.165, 1.54) is 0 Å². The van der Waals surface area contributed by atoms with Gasteiger partial charge >= 0.3 is 5.97 Å². The summed E-state index contributed by atoms with van der Waals surface area (Å²) in [5, 5.41) is 8.82. The Morgan fingerprint density at radius 2 is 2.07 bits per heavy atom. The molecule has 1 rings (SSSR count). The molecular formula is C10H15NO3S. The van der Waals surface area contributed by atoms with Gasteiger partial charge in [-0.3, -0.25) is 4.79 Å². The molecule has 1 aliphatic heterocycles. The topological polar surface area (TPSA) is 57.6 Å². The van der Waals surface area contributed by atoms with Crippen LogP contribution in [0.25, 0.3) is 0 Å². The fourth-order valence-corrected chi connectivity index (χ4v) is 2.58. The minimum absolute atomic E-state index is 0.162. The highest BCUT2D eigenvalue weighted by Crippen LogP contribution is 2.24. The average Bonchev–Trinajstić information content (AvgIpc) is 2.18. The lowest BCUT2D eigenvalue weighted by Crippen LogP contribution is -2.47. The number of thioether (sulfide) groups is 1. The van der Waals surface area contributed by atoms with E-state index in [-0.39, 0.29) is 11.9 Å². The highest BCUT2D eigenvalue weighted by molar-refractivity contribution is 8.00. The van der Waals surface area contributed by atoms with Crippen molar-refractivity contribution < 1.29 is 14.7 Å². The Morgan fingerprint density at radius 3 is 2.67 bits per heavy atom. The Kier molecular flexibility index (Phi) is 4.20. The van der Waals surface area contributed by atoms with Crippen LogP contribution in [0.1, 0.15) is 13.8 Å². The number of carbonyl (C=O) groups excluding carboxylic acids is 1. The van der Waals surface area contributed by atoms with Crippen LogP contribution in [0.4, 0.5) is 0 Å². The third-order valence-corrected chi connectivity index (χ3v) is 3.87. The second-order valence-corrected chi connectivity index (χ2v) is 5.00. The lowest BCUT2D eigenvalue weighted by Gasteiger charge is -2.36. The van der Waals surface area contributed by atoms with Crippen molar-refractivity contribution in [1.29, 1.82) is 0 Å². The molecule has 0 saturated carbocycles. The van der Waals surface area contributed by atoms with E-state index in [2.05, 4.69) is 6.92 Å². The summed E-state index contributed by atoms with van der Waals surface area (Å²) in [7, 11) is 0. The molecule has 0 bridgehead atoms. The molecule has 0 aliphatic carbocycles. The van der Waals surface area contributed by atoms with Crippen LogP contribution in [-0.2, 0) is 9.59 Å². The molecule has 15 heavy (non-hydrogen) atoms. The molecule has 2 atom stereocenters. The van der Waals surface area contributed by atoms with Crippen LogP contribution < -0.4 is 0 Å². The summed E-state index contributed by atoms with van der Waals surface area (Å²) in [5.41, 5.74) is 0. The Labute approximate surface area is 93.3 Å². The van der Waals surface area contributed by atoms with E-state index < -0.39 is 5.97 Å². The van der Waals surface area contributed by atoms with Crippen LogP contribution in [0.15, 0.2) is 12.2 Å². The lowest BCUT2D eigenvalue weighted by molar-refractivity contribution is -0.132. The van der Waals surface area contributed by atoms with Gasteiger partial charge in [0.2, 0.25) is 5.91 Å². The van der Waals surface area contributed by atoms with Gasteiger partial charge < -0.3 is 10.0 Å². The molecule has 1 fully saturated rings. The predicted octanol–water partition coefficient (Wildman–Crippen LogP) is 0.980. The molecule has 1 aliphatic rings. The molecule has 1 N–H and O–H groups in total. The van der Waals surface area contributed by atoms with Crippen molar-refractivity contribution >= 4 is 23.6 Å². The molecule has 5 heteroatoms. The monoisotopic (exact) mass is 229 g/mol. The molecule has 0 aromatic rings. The third kappa shape index (κ3) is 3.27.